The predicted octanol–water partition coefficient (Wildman–Crippen LogP) is 2.75. The third-order valence-electron chi connectivity index (χ3n) is 7.60. The maximum absolute atomic E-state index is 14.3. The van der Waals surface area contributed by atoms with Crippen molar-refractivity contribution < 1.29 is 32.0 Å². The largest absolute Gasteiger partial charge is 0.341 e. The fraction of sp³-hybridized carbons (Fsp3) is 0.429. The van der Waals surface area contributed by atoms with Crippen LogP contribution in [-0.4, -0.2) is 79.9 Å². The van der Waals surface area contributed by atoms with Crippen molar-refractivity contribution in [1.82, 2.24) is 15.1 Å². The van der Waals surface area contributed by atoms with Crippen LogP contribution >= 0.6 is 0 Å². The Morgan fingerprint density at radius 1 is 1.05 bits per heavy atom. The van der Waals surface area contributed by atoms with Gasteiger partial charge in [-0.25, -0.2) is 17.6 Å². The van der Waals surface area contributed by atoms with Gasteiger partial charge in [0.05, 0.1) is 10.5 Å². The van der Waals surface area contributed by atoms with Crippen molar-refractivity contribution >= 4 is 39.3 Å². The number of sulfone groups is 1. The third kappa shape index (κ3) is 5.19. The van der Waals surface area contributed by atoms with E-state index in [2.05, 4.69) is 5.32 Å². The van der Waals surface area contributed by atoms with E-state index in [1.807, 2.05) is 0 Å². The Morgan fingerprint density at radius 2 is 1.70 bits per heavy atom. The Kier molecular flexibility index (Phi) is 7.77. The molecule has 0 bridgehead atoms. The number of rotatable bonds is 6. The molecular formula is C28H33FN4O6S. The van der Waals surface area contributed by atoms with E-state index in [1.165, 1.54) is 47.2 Å². The molecular weight excluding hydrogens is 539 g/mol. The van der Waals surface area contributed by atoms with E-state index in [-0.39, 0.29) is 53.9 Å². The molecule has 2 saturated heterocycles. The summed E-state index contributed by atoms with van der Waals surface area (Å²) in [6.45, 7) is 5.51. The molecule has 0 unspecified atom stereocenters. The van der Waals surface area contributed by atoms with Gasteiger partial charge >= 0.3 is 6.03 Å². The molecule has 1 spiro atoms. The summed E-state index contributed by atoms with van der Waals surface area (Å²) in [5.41, 5.74) is -0.466. The van der Waals surface area contributed by atoms with E-state index in [1.54, 1.807) is 32.9 Å². The molecule has 2 aliphatic rings. The average Bonchev–Trinajstić information content (AvgIpc) is 3.08. The zero-order chi connectivity index (χ0) is 29.6. The minimum Gasteiger partial charge on any atom is -0.341 e. The van der Waals surface area contributed by atoms with E-state index in [4.69, 9.17) is 0 Å². The van der Waals surface area contributed by atoms with Gasteiger partial charge in [-0.05, 0) is 56.0 Å². The fourth-order valence-corrected chi connectivity index (χ4v) is 5.98. The van der Waals surface area contributed by atoms with Crippen LogP contribution in [0, 0.1) is 18.7 Å². The van der Waals surface area contributed by atoms with Gasteiger partial charge in [0.2, 0.25) is 5.91 Å². The molecule has 5 amide bonds. The molecule has 4 rings (SSSR count). The first-order chi connectivity index (χ1) is 18.7. The molecule has 1 atom stereocenters. The molecule has 0 aliphatic carbocycles. The highest BCUT2D eigenvalue weighted by Gasteiger charge is 2.58. The first-order valence-corrected chi connectivity index (χ1v) is 14.8. The number of benzene rings is 2. The molecule has 2 fully saturated rings. The summed E-state index contributed by atoms with van der Waals surface area (Å²) in [5, 5.41) is 2.67. The third-order valence-corrected chi connectivity index (χ3v) is 8.71. The van der Waals surface area contributed by atoms with Gasteiger partial charge in [0, 0.05) is 32.1 Å². The van der Waals surface area contributed by atoms with Crippen LogP contribution in [0.5, 0.6) is 0 Å². The van der Waals surface area contributed by atoms with Gasteiger partial charge in [-0.3, -0.25) is 24.2 Å². The van der Waals surface area contributed by atoms with Crippen LogP contribution in [0.1, 0.15) is 42.6 Å². The molecule has 2 aromatic rings. The van der Waals surface area contributed by atoms with Crippen LogP contribution in [0.2, 0.25) is 0 Å². The van der Waals surface area contributed by atoms with Crippen molar-refractivity contribution in [2.45, 2.75) is 50.1 Å². The highest BCUT2D eigenvalue weighted by atomic mass is 32.2. The second-order valence-electron chi connectivity index (χ2n) is 10.8. The number of urea groups is 1. The number of hydrogen-bond donors (Lipinski definition) is 1. The molecule has 40 heavy (non-hydrogen) atoms. The quantitative estimate of drug-likeness (QED) is 0.531. The van der Waals surface area contributed by atoms with E-state index in [0.29, 0.717) is 5.56 Å². The van der Waals surface area contributed by atoms with Crippen molar-refractivity contribution in [3.63, 3.8) is 0 Å². The van der Waals surface area contributed by atoms with E-state index in [0.717, 1.165) is 11.2 Å². The molecule has 0 aromatic heterocycles. The summed E-state index contributed by atoms with van der Waals surface area (Å²) < 4.78 is 38.6. The zero-order valence-corrected chi connectivity index (χ0v) is 23.9. The van der Waals surface area contributed by atoms with Crippen molar-refractivity contribution in [3.8, 4) is 0 Å². The Balaban J connectivity index is 1.57. The second-order valence-corrected chi connectivity index (χ2v) is 12.8. The maximum atomic E-state index is 14.3. The summed E-state index contributed by atoms with van der Waals surface area (Å²) in [6.07, 6.45) is 1.29. The Hall–Kier alpha value is -3.80. The minimum absolute atomic E-state index is 0.0168. The second kappa shape index (κ2) is 10.6. The lowest BCUT2D eigenvalue weighted by Crippen LogP contribution is -2.60. The zero-order valence-electron chi connectivity index (χ0n) is 23.1. The number of nitrogens with one attached hydrogen (secondary N) is 1. The van der Waals surface area contributed by atoms with Gasteiger partial charge in [0.1, 0.15) is 17.4 Å². The van der Waals surface area contributed by atoms with Crippen LogP contribution in [0.4, 0.5) is 14.9 Å². The van der Waals surface area contributed by atoms with Gasteiger partial charge in [0.15, 0.2) is 9.84 Å². The SMILES string of the molecule is Cc1ccc(F)c(C(=O)N[C@@H](C(=O)N2CCC3(CC2)C(=O)N(C)C(=O)N3c2cccc(S(C)(=O)=O)c2)C(C)C)c1. The number of halogens is 1. The van der Waals surface area contributed by atoms with Crippen molar-refractivity contribution in [2.75, 3.05) is 31.3 Å². The van der Waals surface area contributed by atoms with Crippen LogP contribution in [-0.2, 0) is 19.4 Å². The minimum atomic E-state index is -3.56. The predicted molar refractivity (Wildman–Crippen MR) is 146 cm³/mol. The number of nitrogens with zero attached hydrogens (tertiary/aromatic N) is 3. The molecule has 0 saturated carbocycles. The topological polar surface area (TPSA) is 124 Å². The maximum Gasteiger partial charge on any atom is 0.331 e. The molecule has 214 valence electrons. The first-order valence-electron chi connectivity index (χ1n) is 13.0. The Morgan fingerprint density at radius 3 is 2.30 bits per heavy atom. The van der Waals surface area contributed by atoms with Crippen molar-refractivity contribution in [1.29, 1.82) is 0 Å². The number of aryl methyl sites for hydroxylation is 1. The van der Waals surface area contributed by atoms with Gasteiger partial charge in [-0.1, -0.05) is 31.5 Å². The molecule has 12 heteroatoms. The van der Waals surface area contributed by atoms with Crippen LogP contribution < -0.4 is 10.2 Å². The summed E-state index contributed by atoms with van der Waals surface area (Å²) in [7, 11) is -2.19. The number of likely N-dealkylation sites (N-methyl/N-ethyl adjacent to an activating group) is 1. The lowest BCUT2D eigenvalue weighted by molar-refractivity contribution is -0.139. The van der Waals surface area contributed by atoms with E-state index >= 15 is 0 Å². The molecule has 2 aromatic carbocycles. The standard InChI is InChI=1S/C28H33FN4O6S/c1-17(2)23(30-24(34)21-15-18(3)9-10-22(21)29)25(35)32-13-11-28(12-14-32)26(36)31(4)27(37)33(28)19-7-6-8-20(16-19)40(5,38)39/h6-10,15-17,23H,11-14H2,1-5H3,(H,30,34)/t23-/m1/s1. The monoisotopic (exact) mass is 572 g/mol. The van der Waals surface area contributed by atoms with Gasteiger partial charge in [-0.15, -0.1) is 0 Å². The van der Waals surface area contributed by atoms with Crippen LogP contribution in [0.25, 0.3) is 0 Å². The van der Waals surface area contributed by atoms with E-state index in [9.17, 15) is 32.0 Å². The molecule has 2 heterocycles. The number of imide groups is 1. The summed E-state index contributed by atoms with van der Waals surface area (Å²) in [5.74, 6) is -2.50. The average molecular weight is 573 g/mol. The number of amides is 5. The lowest BCUT2D eigenvalue weighted by atomic mass is 9.85. The van der Waals surface area contributed by atoms with Gasteiger partial charge in [0.25, 0.3) is 11.8 Å². The van der Waals surface area contributed by atoms with Gasteiger partial charge in [-0.2, -0.15) is 0 Å². The smallest absolute Gasteiger partial charge is 0.331 e. The molecule has 2 aliphatic heterocycles. The van der Waals surface area contributed by atoms with Crippen molar-refractivity contribution in [2.24, 2.45) is 5.92 Å². The highest BCUT2D eigenvalue weighted by molar-refractivity contribution is 7.90. The number of piperidine rings is 1. The number of carbonyl (C=O) groups excluding carboxylic acids is 4. The van der Waals surface area contributed by atoms with E-state index < -0.39 is 45.1 Å². The van der Waals surface area contributed by atoms with Crippen LogP contribution in [0.3, 0.4) is 0 Å². The summed E-state index contributed by atoms with van der Waals surface area (Å²) in [6, 6.07) is 8.53. The number of likely N-dealkylation sites (tertiary alicyclic amines) is 1. The summed E-state index contributed by atoms with van der Waals surface area (Å²) >= 11 is 0. The number of anilines is 1. The number of carbonyl (C=O) groups is 4. The Bertz CT molecular complexity index is 1480. The van der Waals surface area contributed by atoms with Crippen molar-refractivity contribution in [3.05, 3.63) is 59.4 Å². The fourth-order valence-electron chi connectivity index (χ4n) is 5.32. The van der Waals surface area contributed by atoms with Gasteiger partial charge < -0.3 is 10.2 Å². The first kappa shape index (κ1) is 29.2. The van der Waals surface area contributed by atoms with Crippen LogP contribution in [0.15, 0.2) is 47.4 Å². The highest BCUT2D eigenvalue weighted by Crippen LogP contribution is 2.40. The normalized spacial score (nSPS) is 18.0. The lowest BCUT2D eigenvalue weighted by Gasteiger charge is -2.43. The molecule has 1 N–H and O–H groups in total. The molecule has 0 radical (unpaired) electrons. The number of hydrogen-bond acceptors (Lipinski definition) is 6. The Labute approximate surface area is 233 Å². The summed E-state index contributed by atoms with van der Waals surface area (Å²) in [4.78, 5) is 56.9. The molecule has 10 nitrogen and oxygen atoms in total.